The molecule has 0 aliphatic heterocycles. The third-order valence-corrected chi connectivity index (χ3v) is 4.99. The van der Waals surface area contributed by atoms with Crippen molar-refractivity contribution < 1.29 is 5.11 Å². The average Bonchev–Trinajstić information content (AvgIpc) is 2.40. The smallest absolute Gasteiger partial charge is 0.0770 e. The van der Waals surface area contributed by atoms with Crippen LogP contribution in [0.2, 0.25) is 0 Å². The minimum atomic E-state index is -0.566. The van der Waals surface area contributed by atoms with E-state index in [0.717, 1.165) is 31.7 Å². The van der Waals surface area contributed by atoms with E-state index in [-0.39, 0.29) is 0 Å². The van der Waals surface area contributed by atoms with Gasteiger partial charge in [0.05, 0.1) is 5.60 Å². The van der Waals surface area contributed by atoms with Crippen LogP contribution in [0.1, 0.15) is 57.8 Å². The summed E-state index contributed by atoms with van der Waals surface area (Å²) in [5, 5.41) is 10.1. The number of hydrogen-bond acceptors (Lipinski definition) is 3. The zero-order valence-corrected chi connectivity index (χ0v) is 11.2. The number of nitrogens with two attached hydrogens (primary N) is 1. The minimum Gasteiger partial charge on any atom is -0.389 e. The van der Waals surface area contributed by atoms with Crippen molar-refractivity contribution in [2.24, 2.45) is 5.73 Å². The van der Waals surface area contributed by atoms with E-state index in [1.807, 2.05) is 0 Å². The van der Waals surface area contributed by atoms with Crippen molar-refractivity contribution in [1.82, 2.24) is 4.90 Å². The van der Waals surface area contributed by atoms with Gasteiger partial charge in [0.2, 0.25) is 0 Å². The summed E-state index contributed by atoms with van der Waals surface area (Å²) < 4.78 is 0. The van der Waals surface area contributed by atoms with Gasteiger partial charge in [-0.15, -0.1) is 0 Å². The molecule has 0 unspecified atom stereocenters. The molecule has 2 fully saturated rings. The van der Waals surface area contributed by atoms with Crippen molar-refractivity contribution >= 4 is 0 Å². The Morgan fingerprint density at radius 2 is 1.59 bits per heavy atom. The first kappa shape index (κ1) is 13.3. The first-order chi connectivity index (χ1) is 8.14. The van der Waals surface area contributed by atoms with Crippen LogP contribution in [-0.2, 0) is 0 Å². The quantitative estimate of drug-likeness (QED) is 0.792. The summed E-state index contributed by atoms with van der Waals surface area (Å²) in [5.74, 6) is 0. The van der Waals surface area contributed by atoms with E-state index in [4.69, 9.17) is 5.73 Å². The Morgan fingerprint density at radius 3 is 2.12 bits per heavy atom. The molecule has 0 saturated heterocycles. The number of nitrogens with zero attached hydrogens (tertiary/aromatic N) is 1. The fourth-order valence-corrected chi connectivity index (χ4v) is 3.54. The Labute approximate surface area is 105 Å². The summed E-state index contributed by atoms with van der Waals surface area (Å²) in [7, 11) is 2.29. The fraction of sp³-hybridized carbons (Fsp3) is 1.00. The highest BCUT2D eigenvalue weighted by atomic mass is 16.3. The molecule has 0 spiro atoms. The number of aliphatic hydroxyl groups is 1. The molecule has 0 heterocycles. The predicted octanol–water partition coefficient (Wildman–Crippen LogP) is 1.88. The van der Waals surface area contributed by atoms with Gasteiger partial charge in [0.15, 0.2) is 0 Å². The highest BCUT2D eigenvalue weighted by Crippen LogP contribution is 2.32. The van der Waals surface area contributed by atoms with Crippen LogP contribution in [0.4, 0.5) is 0 Å². The van der Waals surface area contributed by atoms with E-state index in [9.17, 15) is 5.11 Å². The van der Waals surface area contributed by atoms with Crippen LogP contribution in [0, 0.1) is 0 Å². The fourth-order valence-electron chi connectivity index (χ4n) is 3.54. The topological polar surface area (TPSA) is 49.5 Å². The molecule has 3 N–H and O–H groups in total. The van der Waals surface area contributed by atoms with Crippen LogP contribution in [0.25, 0.3) is 0 Å². The third kappa shape index (κ3) is 3.21. The van der Waals surface area contributed by atoms with Gasteiger partial charge in [-0.3, -0.25) is 0 Å². The Morgan fingerprint density at radius 1 is 1.06 bits per heavy atom. The molecule has 0 aromatic carbocycles. The summed E-state index contributed by atoms with van der Waals surface area (Å²) in [6, 6.07) is 1.46. The van der Waals surface area contributed by atoms with Gasteiger partial charge in [-0.25, -0.2) is 0 Å². The second-order valence-corrected chi connectivity index (χ2v) is 6.12. The molecule has 2 rings (SSSR count). The molecule has 2 saturated carbocycles. The van der Waals surface area contributed by atoms with E-state index >= 15 is 0 Å². The first-order valence-corrected chi connectivity index (χ1v) is 7.29. The first-order valence-electron chi connectivity index (χ1n) is 7.29. The van der Waals surface area contributed by atoms with Crippen LogP contribution >= 0.6 is 0 Å². The molecule has 17 heavy (non-hydrogen) atoms. The van der Waals surface area contributed by atoms with Gasteiger partial charge in [0, 0.05) is 18.6 Å². The molecule has 0 aromatic heterocycles. The summed E-state index contributed by atoms with van der Waals surface area (Å²) in [6.07, 6.45) is 10.9. The van der Waals surface area contributed by atoms with Crippen molar-refractivity contribution in [3.05, 3.63) is 0 Å². The molecule has 3 nitrogen and oxygen atoms in total. The normalized spacial score (nSPS) is 36.4. The minimum absolute atomic E-state index is 0.423. The van der Waals surface area contributed by atoms with Gasteiger partial charge in [-0.05, 0) is 45.6 Å². The second-order valence-electron chi connectivity index (χ2n) is 6.12. The van der Waals surface area contributed by atoms with Gasteiger partial charge >= 0.3 is 0 Å². The Bertz CT molecular complexity index is 230. The summed E-state index contributed by atoms with van der Waals surface area (Å²) in [4.78, 5) is 2.59. The van der Waals surface area contributed by atoms with Gasteiger partial charge in [0.25, 0.3) is 0 Å². The van der Waals surface area contributed by atoms with Gasteiger partial charge in [-0.2, -0.15) is 0 Å². The van der Waals surface area contributed by atoms with Crippen LogP contribution in [0.3, 0.4) is 0 Å². The highest BCUT2D eigenvalue weighted by molar-refractivity contribution is 4.91. The Balaban J connectivity index is 1.83. The molecule has 3 heteroatoms. The maximum absolute atomic E-state index is 10.1. The second kappa shape index (κ2) is 5.68. The molecule has 100 valence electrons. The van der Waals surface area contributed by atoms with Gasteiger partial charge < -0.3 is 15.7 Å². The summed E-state index contributed by atoms with van der Waals surface area (Å²) in [6.45, 7) is 0.423. The molecule has 0 amide bonds. The number of rotatable bonds is 3. The van der Waals surface area contributed by atoms with Crippen LogP contribution in [-0.4, -0.2) is 41.3 Å². The van der Waals surface area contributed by atoms with E-state index in [0.29, 0.717) is 12.6 Å². The lowest BCUT2D eigenvalue weighted by atomic mass is 9.81. The highest BCUT2D eigenvalue weighted by Gasteiger charge is 2.35. The van der Waals surface area contributed by atoms with Crippen molar-refractivity contribution in [1.29, 1.82) is 0 Å². The van der Waals surface area contributed by atoms with Gasteiger partial charge in [0.1, 0.15) is 0 Å². The monoisotopic (exact) mass is 240 g/mol. The summed E-state index contributed by atoms with van der Waals surface area (Å²) in [5.41, 5.74) is 5.07. The molecular weight excluding hydrogens is 212 g/mol. The molecule has 0 bridgehead atoms. The zero-order chi connectivity index (χ0) is 12.3. The van der Waals surface area contributed by atoms with Crippen LogP contribution in [0.15, 0.2) is 0 Å². The SMILES string of the molecule is CN(C1CCCCC1)C1CCC(O)(CN)CC1. The van der Waals surface area contributed by atoms with E-state index in [2.05, 4.69) is 11.9 Å². The largest absolute Gasteiger partial charge is 0.389 e. The van der Waals surface area contributed by atoms with E-state index < -0.39 is 5.60 Å². The average molecular weight is 240 g/mol. The van der Waals surface area contributed by atoms with Crippen LogP contribution in [0.5, 0.6) is 0 Å². The van der Waals surface area contributed by atoms with Crippen LogP contribution < -0.4 is 5.73 Å². The lowest BCUT2D eigenvalue weighted by Crippen LogP contribution is -2.48. The maximum Gasteiger partial charge on any atom is 0.0770 e. The standard InChI is InChI=1S/C14H28N2O/c1-16(12-5-3-2-4-6-12)13-7-9-14(17,11-15)10-8-13/h12-13,17H,2-11,15H2,1H3. The predicted molar refractivity (Wildman–Crippen MR) is 70.9 cm³/mol. The third-order valence-electron chi connectivity index (χ3n) is 4.99. The lowest BCUT2D eigenvalue weighted by Gasteiger charge is -2.43. The maximum atomic E-state index is 10.1. The van der Waals surface area contributed by atoms with Gasteiger partial charge in [-0.1, -0.05) is 19.3 Å². The van der Waals surface area contributed by atoms with E-state index in [1.165, 1.54) is 32.1 Å². The van der Waals surface area contributed by atoms with E-state index in [1.54, 1.807) is 0 Å². The Kier molecular flexibility index (Phi) is 4.45. The van der Waals surface area contributed by atoms with Crippen molar-refractivity contribution in [2.45, 2.75) is 75.5 Å². The van der Waals surface area contributed by atoms with Crippen molar-refractivity contribution in [3.63, 3.8) is 0 Å². The molecule has 0 aromatic rings. The molecule has 2 aliphatic rings. The molecular formula is C14H28N2O. The zero-order valence-electron chi connectivity index (χ0n) is 11.2. The molecule has 0 atom stereocenters. The molecule has 0 radical (unpaired) electrons. The van der Waals surface area contributed by atoms with Crippen molar-refractivity contribution in [2.75, 3.05) is 13.6 Å². The summed E-state index contributed by atoms with van der Waals surface area (Å²) >= 11 is 0. The number of hydrogen-bond donors (Lipinski definition) is 2. The molecule has 2 aliphatic carbocycles. The van der Waals surface area contributed by atoms with Crippen molar-refractivity contribution in [3.8, 4) is 0 Å². The Hall–Kier alpha value is -0.120. The lowest BCUT2D eigenvalue weighted by molar-refractivity contribution is -0.0178.